The first-order valence-corrected chi connectivity index (χ1v) is 17.3. The maximum absolute atomic E-state index is 12.6. The predicted octanol–water partition coefficient (Wildman–Crippen LogP) is 10.3. The van der Waals surface area contributed by atoms with Crippen LogP contribution in [0.2, 0.25) is 0 Å². The van der Waals surface area contributed by atoms with Gasteiger partial charge in [0.25, 0.3) is 0 Å². The summed E-state index contributed by atoms with van der Waals surface area (Å²) < 4.78 is 3.38. The van der Waals surface area contributed by atoms with E-state index in [-0.39, 0.29) is 11.1 Å². The summed E-state index contributed by atoms with van der Waals surface area (Å²) >= 11 is 0. The van der Waals surface area contributed by atoms with Crippen LogP contribution in [0.5, 0.6) is 0 Å². The minimum Gasteiger partial charge on any atom is -0.295 e. The fraction of sp³-hybridized carbons (Fsp3) is 0.109. The number of benzene rings is 6. The molecule has 8 aromatic rings. The van der Waals surface area contributed by atoms with Crippen LogP contribution in [0.15, 0.2) is 150 Å². The average Bonchev–Trinajstić information content (AvgIpc) is 3.54. The Labute approximate surface area is 297 Å². The smallest absolute Gasteiger partial charge is 0.295 e. The molecular weight excluding hydrogens is 625 g/mol. The zero-order valence-electron chi connectivity index (χ0n) is 29.1. The topological polar surface area (TPSA) is 52.7 Å². The zero-order valence-corrected chi connectivity index (χ0v) is 29.1. The lowest BCUT2D eigenvalue weighted by Crippen LogP contribution is -2.19. The molecule has 9 rings (SSSR count). The van der Waals surface area contributed by atoms with E-state index in [0.29, 0.717) is 5.82 Å². The fourth-order valence-corrected chi connectivity index (χ4v) is 7.71. The molecule has 0 atom stereocenters. The van der Waals surface area contributed by atoms with E-state index in [1.165, 1.54) is 33.4 Å². The molecule has 1 aliphatic carbocycles. The first-order valence-electron chi connectivity index (χ1n) is 17.3. The Hall–Kier alpha value is -6.33. The van der Waals surface area contributed by atoms with Crippen molar-refractivity contribution in [1.29, 1.82) is 0 Å². The molecule has 1 aliphatic rings. The van der Waals surface area contributed by atoms with E-state index in [4.69, 9.17) is 9.97 Å². The molecule has 0 spiro atoms. The van der Waals surface area contributed by atoms with Crippen molar-refractivity contribution in [3.05, 3.63) is 167 Å². The number of nitrogens with zero attached hydrogens (tertiary/aromatic N) is 4. The number of aryl methyl sites for hydroxylation is 2. The van der Waals surface area contributed by atoms with Crippen LogP contribution in [-0.4, -0.2) is 19.1 Å². The molecule has 0 fully saturated rings. The van der Waals surface area contributed by atoms with Crippen molar-refractivity contribution in [2.75, 3.05) is 0 Å². The summed E-state index contributed by atoms with van der Waals surface area (Å²) in [4.78, 5) is 22.9. The summed E-state index contributed by atoms with van der Waals surface area (Å²) in [5.41, 5.74) is 16.1. The summed E-state index contributed by atoms with van der Waals surface area (Å²) in [7, 11) is 3.63. The standard InChI is InChI=1S/C46H36N4O/c1-46(2)38-25-32(29-12-7-5-8-13-29)18-21-36(38)37-22-19-35(26-39(37)46)41-28-40(47-44(48-41)30-14-9-6-10-15-30)34-17-11-16-31(24-34)33-20-23-42-43(27-33)50(4)45(51)49(42)3/h5-28H,1-4H3. The Morgan fingerprint density at radius 3 is 1.63 bits per heavy atom. The van der Waals surface area contributed by atoms with E-state index in [9.17, 15) is 4.79 Å². The first-order chi connectivity index (χ1) is 24.8. The summed E-state index contributed by atoms with van der Waals surface area (Å²) in [5.74, 6) is 0.685. The van der Waals surface area contributed by atoms with E-state index in [1.807, 2.05) is 38.4 Å². The van der Waals surface area contributed by atoms with E-state index in [2.05, 4.69) is 135 Å². The molecule has 0 saturated carbocycles. The molecule has 6 aromatic carbocycles. The fourth-order valence-electron chi connectivity index (χ4n) is 7.71. The molecule has 2 heterocycles. The molecule has 0 amide bonds. The second kappa shape index (κ2) is 11.6. The summed E-state index contributed by atoms with van der Waals surface area (Å²) in [5, 5.41) is 0. The molecular formula is C46H36N4O. The molecule has 5 nitrogen and oxygen atoms in total. The van der Waals surface area contributed by atoms with Gasteiger partial charge in [-0.1, -0.05) is 123 Å². The molecule has 0 aliphatic heterocycles. The largest absolute Gasteiger partial charge is 0.328 e. The van der Waals surface area contributed by atoms with Gasteiger partial charge in [0, 0.05) is 36.2 Å². The van der Waals surface area contributed by atoms with Gasteiger partial charge < -0.3 is 0 Å². The summed E-state index contributed by atoms with van der Waals surface area (Å²) in [6.07, 6.45) is 0. The average molecular weight is 661 g/mol. The van der Waals surface area contributed by atoms with Crippen LogP contribution in [0.3, 0.4) is 0 Å². The Balaban J connectivity index is 1.15. The van der Waals surface area contributed by atoms with Crippen LogP contribution in [0.25, 0.3) is 78.3 Å². The van der Waals surface area contributed by atoms with Gasteiger partial charge in [0.1, 0.15) is 0 Å². The molecule has 51 heavy (non-hydrogen) atoms. The lowest BCUT2D eigenvalue weighted by molar-refractivity contribution is 0.661. The monoisotopic (exact) mass is 660 g/mol. The van der Waals surface area contributed by atoms with Gasteiger partial charge in [0.2, 0.25) is 0 Å². The number of hydrogen-bond acceptors (Lipinski definition) is 3. The van der Waals surface area contributed by atoms with Gasteiger partial charge in [-0.2, -0.15) is 0 Å². The maximum Gasteiger partial charge on any atom is 0.328 e. The molecule has 5 heteroatoms. The molecule has 2 aromatic heterocycles. The van der Waals surface area contributed by atoms with Crippen molar-refractivity contribution in [2.24, 2.45) is 14.1 Å². The minimum atomic E-state index is -0.179. The normalized spacial score (nSPS) is 12.9. The quantitative estimate of drug-likeness (QED) is 0.185. The molecule has 0 radical (unpaired) electrons. The lowest BCUT2D eigenvalue weighted by atomic mass is 9.81. The van der Waals surface area contributed by atoms with Crippen molar-refractivity contribution in [3.8, 4) is 67.3 Å². The third-order valence-corrected chi connectivity index (χ3v) is 10.6. The van der Waals surface area contributed by atoms with Crippen molar-refractivity contribution >= 4 is 11.0 Å². The van der Waals surface area contributed by atoms with Gasteiger partial charge in [-0.25, -0.2) is 14.8 Å². The zero-order chi connectivity index (χ0) is 34.9. The van der Waals surface area contributed by atoms with Crippen LogP contribution >= 0.6 is 0 Å². The van der Waals surface area contributed by atoms with Gasteiger partial charge in [0.15, 0.2) is 5.82 Å². The van der Waals surface area contributed by atoms with Crippen molar-refractivity contribution in [3.63, 3.8) is 0 Å². The Kier molecular flexibility index (Phi) is 7.01. The van der Waals surface area contributed by atoms with E-state index >= 15 is 0 Å². The number of aromatic nitrogens is 4. The van der Waals surface area contributed by atoms with Crippen molar-refractivity contribution < 1.29 is 0 Å². The summed E-state index contributed by atoms with van der Waals surface area (Å²) in [6.45, 7) is 4.65. The highest BCUT2D eigenvalue weighted by Gasteiger charge is 2.36. The maximum atomic E-state index is 12.6. The highest BCUT2D eigenvalue weighted by molar-refractivity contribution is 5.87. The van der Waals surface area contributed by atoms with E-state index < -0.39 is 0 Å². The van der Waals surface area contributed by atoms with Crippen LogP contribution in [-0.2, 0) is 19.5 Å². The third kappa shape index (κ3) is 5.04. The highest BCUT2D eigenvalue weighted by Crippen LogP contribution is 2.50. The number of rotatable bonds is 5. The van der Waals surface area contributed by atoms with E-state index in [1.54, 1.807) is 9.13 Å². The van der Waals surface area contributed by atoms with Crippen LogP contribution in [0.4, 0.5) is 0 Å². The van der Waals surface area contributed by atoms with Gasteiger partial charge in [-0.05, 0) is 80.9 Å². The van der Waals surface area contributed by atoms with Gasteiger partial charge in [-0.15, -0.1) is 0 Å². The Morgan fingerprint density at radius 2 is 0.941 bits per heavy atom. The number of imidazole rings is 1. The second-order valence-electron chi connectivity index (χ2n) is 14.0. The van der Waals surface area contributed by atoms with Gasteiger partial charge in [0.05, 0.1) is 22.4 Å². The minimum absolute atomic E-state index is 0.0337. The Bertz CT molecular complexity index is 2700. The van der Waals surface area contributed by atoms with Gasteiger partial charge >= 0.3 is 5.69 Å². The summed E-state index contributed by atoms with van der Waals surface area (Å²) in [6, 6.07) is 51.2. The molecule has 0 saturated heterocycles. The predicted molar refractivity (Wildman–Crippen MR) is 208 cm³/mol. The molecule has 0 bridgehead atoms. The molecule has 0 N–H and O–H groups in total. The van der Waals surface area contributed by atoms with Crippen LogP contribution < -0.4 is 5.69 Å². The lowest BCUT2D eigenvalue weighted by Gasteiger charge is -2.22. The SMILES string of the molecule is Cn1c(=O)n(C)c2cc(-c3cccc(-c4cc(-c5ccc6c(c5)C(C)(C)c5cc(-c7ccccc7)ccc5-6)nc(-c5ccccc5)n4)c3)ccc21. The molecule has 246 valence electrons. The number of fused-ring (bicyclic) bond motifs is 4. The Morgan fingerprint density at radius 1 is 0.451 bits per heavy atom. The van der Waals surface area contributed by atoms with Crippen molar-refractivity contribution in [1.82, 2.24) is 19.1 Å². The van der Waals surface area contributed by atoms with Crippen LogP contribution in [0.1, 0.15) is 25.0 Å². The van der Waals surface area contributed by atoms with Crippen molar-refractivity contribution in [2.45, 2.75) is 19.3 Å². The first kappa shape index (κ1) is 30.7. The number of hydrogen-bond donors (Lipinski definition) is 0. The highest BCUT2D eigenvalue weighted by atomic mass is 16.1. The molecule has 0 unspecified atom stereocenters. The third-order valence-electron chi connectivity index (χ3n) is 10.6. The van der Waals surface area contributed by atoms with E-state index in [0.717, 1.165) is 50.2 Å². The van der Waals surface area contributed by atoms with Crippen LogP contribution in [0, 0.1) is 0 Å². The van der Waals surface area contributed by atoms with Gasteiger partial charge in [-0.3, -0.25) is 9.13 Å². The second-order valence-corrected chi connectivity index (χ2v) is 14.0.